The quantitative estimate of drug-likeness (QED) is 0.633. The number of hydrogen-bond donors (Lipinski definition) is 2. The minimum absolute atomic E-state index is 0.00907. The van der Waals surface area contributed by atoms with Gasteiger partial charge in [-0.15, -0.1) is 0 Å². The lowest BCUT2D eigenvalue weighted by molar-refractivity contribution is 0.122. The van der Waals surface area contributed by atoms with E-state index in [0.717, 1.165) is 43.4 Å². The van der Waals surface area contributed by atoms with Crippen molar-refractivity contribution in [2.24, 2.45) is 0 Å². The lowest BCUT2D eigenvalue weighted by Crippen LogP contribution is -2.36. The average Bonchev–Trinajstić information content (AvgIpc) is 2.62. The van der Waals surface area contributed by atoms with Crippen LogP contribution in [0, 0.1) is 0 Å². The summed E-state index contributed by atoms with van der Waals surface area (Å²) in [5.74, 6) is 1.42. The van der Waals surface area contributed by atoms with Gasteiger partial charge in [-0.05, 0) is 24.1 Å². The summed E-state index contributed by atoms with van der Waals surface area (Å²) in [4.78, 5) is 7.07. The third-order valence-electron chi connectivity index (χ3n) is 4.38. The van der Waals surface area contributed by atoms with E-state index in [4.69, 9.17) is 22.1 Å². The molecule has 26 heavy (non-hydrogen) atoms. The molecule has 0 bridgehead atoms. The first-order valence-electron chi connectivity index (χ1n) is 8.64. The Labute approximate surface area is 158 Å². The molecule has 1 aliphatic rings. The molecule has 6 nitrogen and oxygen atoms in total. The molecule has 7 heteroatoms. The molecular weight excluding hydrogens is 350 g/mol. The topological polar surface area (TPSA) is 80.5 Å². The molecule has 0 atom stereocenters. The monoisotopic (exact) mass is 374 g/mol. The molecule has 4 N–H and O–H groups in total. The molecule has 0 radical (unpaired) electrons. The first-order valence-corrected chi connectivity index (χ1v) is 9.05. The molecule has 2 aromatic rings. The Morgan fingerprint density at radius 2 is 2.04 bits per heavy atom. The number of phenolic OH excluding ortho intramolecular Hbond substituents is 1. The molecule has 3 rings (SSSR count). The summed E-state index contributed by atoms with van der Waals surface area (Å²) in [5.41, 5.74) is 2.13. The fraction of sp³-hybridized carbons (Fsp3) is 0.368. The maximum absolute atomic E-state index is 10.2. The number of nitrogens with one attached hydrogen (secondary N) is 1. The summed E-state index contributed by atoms with van der Waals surface area (Å²) in [5, 5.41) is 21.3. The van der Waals surface area contributed by atoms with Crippen molar-refractivity contribution in [1.82, 2.24) is 4.98 Å². The average molecular weight is 374 g/mol. The van der Waals surface area contributed by atoms with Gasteiger partial charge in [-0.2, -0.15) is 0 Å². The molecule has 1 fully saturated rings. The fourth-order valence-electron chi connectivity index (χ4n) is 2.90. The second-order valence-electron chi connectivity index (χ2n) is 6.57. The number of anilines is 2. The number of thiocarbonyl (C=S) groups is 1. The van der Waals surface area contributed by atoms with Crippen LogP contribution in [0.4, 0.5) is 11.5 Å². The van der Waals surface area contributed by atoms with Crippen molar-refractivity contribution in [3.8, 4) is 11.5 Å². The van der Waals surface area contributed by atoms with Gasteiger partial charge in [-0.3, -0.25) is 0 Å². The summed E-state index contributed by atoms with van der Waals surface area (Å²) in [6, 6.07) is 7.09. The molecule has 0 spiro atoms. The van der Waals surface area contributed by atoms with Crippen molar-refractivity contribution in [2.75, 3.05) is 36.5 Å². The number of hydrogen-bond acceptors (Lipinski definition) is 5. The predicted molar refractivity (Wildman–Crippen MR) is 108 cm³/mol. The van der Waals surface area contributed by atoms with E-state index in [9.17, 15) is 5.11 Å². The first kappa shape index (κ1) is 18.4. The van der Waals surface area contributed by atoms with Gasteiger partial charge in [-0.1, -0.05) is 26.1 Å². The number of nitrogens with zero attached hydrogens (tertiary/aromatic N) is 2. The Hall–Kier alpha value is -2.38. The number of aromatic nitrogens is 1. The van der Waals surface area contributed by atoms with E-state index in [1.165, 1.54) is 6.07 Å². The molecule has 1 saturated heterocycles. The number of aromatic hydroxyl groups is 1. The van der Waals surface area contributed by atoms with E-state index in [-0.39, 0.29) is 11.7 Å². The Morgan fingerprint density at radius 3 is 2.65 bits per heavy atom. The predicted octanol–water partition coefficient (Wildman–Crippen LogP) is 2.97. The van der Waals surface area contributed by atoms with Gasteiger partial charge in [0.25, 0.3) is 5.75 Å². The van der Waals surface area contributed by atoms with Crippen molar-refractivity contribution in [3.05, 3.63) is 41.6 Å². The molecule has 1 aromatic heterocycles. The van der Waals surface area contributed by atoms with Crippen molar-refractivity contribution in [1.29, 1.82) is 0 Å². The molecule has 0 amide bonds. The zero-order valence-corrected chi connectivity index (χ0v) is 15.8. The minimum atomic E-state index is 0.00907. The van der Waals surface area contributed by atoms with Crippen LogP contribution in [0.1, 0.15) is 30.9 Å². The molecule has 138 valence electrons. The Bertz CT molecular complexity index is 787. The third kappa shape index (κ3) is 4.05. The summed E-state index contributed by atoms with van der Waals surface area (Å²) >= 11 is 5.45. The number of morpholine rings is 1. The summed E-state index contributed by atoms with van der Waals surface area (Å²) in [6.07, 6.45) is 1.73. The zero-order chi connectivity index (χ0) is 18.7. The van der Waals surface area contributed by atoms with Crippen LogP contribution in [0.2, 0.25) is 0 Å². The molecule has 0 saturated carbocycles. The van der Waals surface area contributed by atoms with Crippen LogP contribution in [-0.2, 0) is 4.74 Å². The molecular formula is C19H24N3O3S+. The van der Waals surface area contributed by atoms with Gasteiger partial charge in [0.05, 0.1) is 42.3 Å². The normalized spacial score (nSPS) is 14.5. The highest BCUT2D eigenvalue weighted by molar-refractivity contribution is 7.81. The van der Waals surface area contributed by atoms with Crippen LogP contribution in [0.25, 0.3) is 0 Å². The van der Waals surface area contributed by atoms with Gasteiger partial charge in [0.1, 0.15) is 16.6 Å². The molecule has 0 unspecified atom stereocenters. The van der Waals surface area contributed by atoms with E-state index in [1.807, 2.05) is 26.0 Å². The lowest BCUT2D eigenvalue weighted by atomic mass is 9.99. The number of pyridine rings is 1. The Balaban J connectivity index is 1.74. The Morgan fingerprint density at radius 1 is 1.31 bits per heavy atom. The van der Waals surface area contributed by atoms with Gasteiger partial charge in [0, 0.05) is 13.1 Å². The SMILES string of the molecule is CC(C)c1cc(C(=S)Nc2ccc(N3CCOCC3)nc2)c(O)cc1[OH2+]. The van der Waals surface area contributed by atoms with Gasteiger partial charge in [-0.25, -0.2) is 4.98 Å². The van der Waals surface area contributed by atoms with Crippen molar-refractivity contribution < 1.29 is 14.9 Å². The van der Waals surface area contributed by atoms with Crippen LogP contribution in [0.3, 0.4) is 0 Å². The molecule has 1 aromatic carbocycles. The summed E-state index contributed by atoms with van der Waals surface area (Å²) in [6.45, 7) is 7.13. The third-order valence-corrected chi connectivity index (χ3v) is 4.70. The maximum Gasteiger partial charge on any atom is 0.261 e. The van der Waals surface area contributed by atoms with Crippen molar-refractivity contribution >= 4 is 28.7 Å². The fourth-order valence-corrected chi connectivity index (χ4v) is 3.18. The van der Waals surface area contributed by atoms with Crippen LogP contribution >= 0.6 is 12.2 Å². The number of benzene rings is 1. The standard InChI is InChI=1S/C19H23N3O3S/c1-12(2)14-9-15(17(24)10-16(14)23)19(26)21-13-3-4-18(20-11-13)22-5-7-25-8-6-22/h3-4,9-12,23-24H,5-8H2,1-2H3,(H,21,26)/p+1. The highest BCUT2D eigenvalue weighted by atomic mass is 32.1. The maximum atomic E-state index is 10.2. The smallest absolute Gasteiger partial charge is 0.261 e. The van der Waals surface area contributed by atoms with Crippen LogP contribution < -0.4 is 10.2 Å². The number of rotatable bonds is 4. The van der Waals surface area contributed by atoms with Gasteiger partial charge in [0.15, 0.2) is 0 Å². The zero-order valence-electron chi connectivity index (χ0n) is 15.0. The number of phenols is 1. The highest BCUT2D eigenvalue weighted by Crippen LogP contribution is 2.32. The van der Waals surface area contributed by atoms with E-state index in [1.54, 1.807) is 12.3 Å². The highest BCUT2D eigenvalue weighted by Gasteiger charge is 2.18. The van der Waals surface area contributed by atoms with Gasteiger partial charge in [0.2, 0.25) is 0 Å². The molecule has 1 aliphatic heterocycles. The van der Waals surface area contributed by atoms with Crippen molar-refractivity contribution in [2.45, 2.75) is 19.8 Å². The summed E-state index contributed by atoms with van der Waals surface area (Å²) < 4.78 is 5.36. The molecule has 2 heterocycles. The first-order chi connectivity index (χ1) is 12.5. The summed E-state index contributed by atoms with van der Waals surface area (Å²) in [7, 11) is 0. The lowest BCUT2D eigenvalue weighted by Gasteiger charge is -2.27. The van der Waals surface area contributed by atoms with Crippen LogP contribution in [0.5, 0.6) is 11.5 Å². The van der Waals surface area contributed by atoms with Crippen LogP contribution in [-0.4, -0.2) is 46.5 Å². The largest absolute Gasteiger partial charge is 0.593 e. The van der Waals surface area contributed by atoms with Gasteiger partial charge < -0.3 is 25.2 Å². The van der Waals surface area contributed by atoms with E-state index < -0.39 is 0 Å². The number of ether oxygens (including phenoxy) is 1. The second kappa shape index (κ2) is 7.88. The van der Waals surface area contributed by atoms with Crippen molar-refractivity contribution in [3.63, 3.8) is 0 Å². The van der Waals surface area contributed by atoms with Crippen LogP contribution in [0.15, 0.2) is 30.5 Å². The van der Waals surface area contributed by atoms with Gasteiger partial charge >= 0.3 is 0 Å². The second-order valence-corrected chi connectivity index (χ2v) is 6.98. The van der Waals surface area contributed by atoms with E-state index in [0.29, 0.717) is 16.3 Å². The minimum Gasteiger partial charge on any atom is -0.593 e. The van der Waals surface area contributed by atoms with E-state index in [2.05, 4.69) is 15.2 Å². The molecule has 0 aliphatic carbocycles. The Kier molecular flexibility index (Phi) is 5.58. The van der Waals surface area contributed by atoms with E-state index >= 15 is 0 Å².